The first kappa shape index (κ1) is 16.2. The molecular formula is C16H14N2O5. The largest absolute Gasteiger partial charge is 0.465 e. The van der Waals surface area contributed by atoms with E-state index in [4.69, 9.17) is 0 Å². The van der Waals surface area contributed by atoms with Crippen molar-refractivity contribution in [3.05, 3.63) is 69.3 Å². The topological polar surface area (TPSA) is 98.5 Å². The second-order valence-corrected chi connectivity index (χ2v) is 4.72. The number of aryl methyl sites for hydroxylation is 1. The fraction of sp³-hybridized carbons (Fsp3) is 0.125. The number of benzene rings is 2. The lowest BCUT2D eigenvalue weighted by molar-refractivity contribution is -0.385. The summed E-state index contributed by atoms with van der Waals surface area (Å²) in [5, 5.41) is 13.7. The van der Waals surface area contributed by atoms with Crippen LogP contribution in [0.15, 0.2) is 42.5 Å². The Morgan fingerprint density at radius 1 is 1.09 bits per heavy atom. The van der Waals surface area contributed by atoms with Crippen molar-refractivity contribution in [1.82, 2.24) is 0 Å². The van der Waals surface area contributed by atoms with E-state index in [1.807, 2.05) is 0 Å². The van der Waals surface area contributed by atoms with E-state index in [2.05, 4.69) is 10.1 Å². The van der Waals surface area contributed by atoms with E-state index in [0.717, 1.165) is 0 Å². The third-order valence-corrected chi connectivity index (χ3v) is 3.25. The number of para-hydroxylation sites is 2. The lowest BCUT2D eigenvalue weighted by Gasteiger charge is -2.10. The number of nitrogens with one attached hydrogen (secondary N) is 1. The zero-order chi connectivity index (χ0) is 17.0. The molecule has 0 saturated carbocycles. The van der Waals surface area contributed by atoms with Crippen LogP contribution in [-0.4, -0.2) is 23.9 Å². The van der Waals surface area contributed by atoms with E-state index in [1.54, 1.807) is 31.2 Å². The first-order chi connectivity index (χ1) is 11.0. The minimum absolute atomic E-state index is 0.0744. The average Bonchev–Trinajstić information content (AvgIpc) is 2.54. The van der Waals surface area contributed by atoms with Crippen LogP contribution in [0, 0.1) is 17.0 Å². The summed E-state index contributed by atoms with van der Waals surface area (Å²) in [5.74, 6) is -1.28. The summed E-state index contributed by atoms with van der Waals surface area (Å²) in [6.07, 6.45) is 0. The van der Waals surface area contributed by atoms with Gasteiger partial charge in [0.1, 0.15) is 5.56 Å². The molecule has 118 valence electrons. The third kappa shape index (κ3) is 3.34. The fourth-order valence-corrected chi connectivity index (χ4v) is 2.15. The molecule has 2 aromatic carbocycles. The number of carbonyl (C=O) groups excluding carboxylic acids is 2. The maximum atomic E-state index is 12.4. The minimum Gasteiger partial charge on any atom is -0.465 e. The molecule has 1 N–H and O–H groups in total. The maximum absolute atomic E-state index is 12.4. The van der Waals surface area contributed by atoms with Crippen LogP contribution in [-0.2, 0) is 4.74 Å². The molecule has 0 aromatic heterocycles. The van der Waals surface area contributed by atoms with Gasteiger partial charge in [0.2, 0.25) is 0 Å². The van der Waals surface area contributed by atoms with Gasteiger partial charge in [-0.25, -0.2) is 4.79 Å². The molecule has 0 radical (unpaired) electrons. The summed E-state index contributed by atoms with van der Waals surface area (Å²) in [6, 6.07) is 10.7. The average molecular weight is 314 g/mol. The molecular weight excluding hydrogens is 300 g/mol. The Balaban J connectivity index is 2.40. The van der Waals surface area contributed by atoms with E-state index in [1.165, 1.54) is 25.3 Å². The number of hydrogen-bond acceptors (Lipinski definition) is 5. The molecule has 0 fully saturated rings. The smallest absolute Gasteiger partial charge is 0.339 e. The van der Waals surface area contributed by atoms with Crippen molar-refractivity contribution in [3.8, 4) is 0 Å². The SMILES string of the molecule is COC(=O)c1ccccc1NC(=O)c1cccc(C)c1[N+](=O)[O-]. The molecule has 0 aliphatic rings. The van der Waals surface area contributed by atoms with E-state index in [0.29, 0.717) is 5.56 Å². The van der Waals surface area contributed by atoms with Crippen LogP contribution in [0.4, 0.5) is 11.4 Å². The van der Waals surface area contributed by atoms with Gasteiger partial charge in [-0.3, -0.25) is 14.9 Å². The van der Waals surface area contributed by atoms with Gasteiger partial charge in [-0.05, 0) is 25.1 Å². The Morgan fingerprint density at radius 2 is 1.74 bits per heavy atom. The van der Waals surface area contributed by atoms with Crippen molar-refractivity contribution in [2.75, 3.05) is 12.4 Å². The van der Waals surface area contributed by atoms with Crippen LogP contribution < -0.4 is 5.32 Å². The number of anilines is 1. The van der Waals surface area contributed by atoms with Crippen LogP contribution in [0.5, 0.6) is 0 Å². The van der Waals surface area contributed by atoms with E-state index in [-0.39, 0.29) is 22.5 Å². The number of hydrogen-bond donors (Lipinski definition) is 1. The van der Waals surface area contributed by atoms with Gasteiger partial charge in [0.15, 0.2) is 0 Å². The predicted octanol–water partition coefficient (Wildman–Crippen LogP) is 2.94. The summed E-state index contributed by atoms with van der Waals surface area (Å²) >= 11 is 0. The highest BCUT2D eigenvalue weighted by atomic mass is 16.6. The zero-order valence-corrected chi connectivity index (χ0v) is 12.5. The number of esters is 1. The second kappa shape index (κ2) is 6.69. The molecule has 23 heavy (non-hydrogen) atoms. The second-order valence-electron chi connectivity index (χ2n) is 4.72. The molecule has 2 aromatic rings. The molecule has 2 rings (SSSR count). The highest BCUT2D eigenvalue weighted by Gasteiger charge is 2.23. The van der Waals surface area contributed by atoms with E-state index >= 15 is 0 Å². The van der Waals surface area contributed by atoms with Gasteiger partial charge in [-0.15, -0.1) is 0 Å². The Morgan fingerprint density at radius 3 is 2.39 bits per heavy atom. The van der Waals surface area contributed by atoms with Gasteiger partial charge in [-0.2, -0.15) is 0 Å². The highest BCUT2D eigenvalue weighted by Crippen LogP contribution is 2.25. The number of nitro benzene ring substituents is 1. The van der Waals surface area contributed by atoms with Crippen molar-refractivity contribution >= 4 is 23.3 Å². The van der Waals surface area contributed by atoms with Crippen molar-refractivity contribution in [3.63, 3.8) is 0 Å². The van der Waals surface area contributed by atoms with Crippen LogP contribution in [0.2, 0.25) is 0 Å². The quantitative estimate of drug-likeness (QED) is 0.531. The first-order valence-electron chi connectivity index (χ1n) is 6.68. The molecule has 0 unspecified atom stereocenters. The van der Waals surface area contributed by atoms with Gasteiger partial charge >= 0.3 is 5.97 Å². The predicted molar refractivity (Wildman–Crippen MR) is 83.6 cm³/mol. The van der Waals surface area contributed by atoms with Gasteiger partial charge in [-0.1, -0.05) is 24.3 Å². The minimum atomic E-state index is -0.670. The standard InChI is InChI=1S/C16H14N2O5/c1-10-6-5-8-12(14(10)18(21)22)15(19)17-13-9-4-3-7-11(13)16(20)23-2/h3-9H,1-2H3,(H,17,19). The molecule has 0 saturated heterocycles. The number of methoxy groups -OCH3 is 1. The van der Waals surface area contributed by atoms with Crippen molar-refractivity contribution in [1.29, 1.82) is 0 Å². The summed E-state index contributed by atoms with van der Waals surface area (Å²) in [5.41, 5.74) is 0.429. The molecule has 0 heterocycles. The Labute approximate surface area is 132 Å². The molecule has 0 aliphatic heterocycles. The lowest BCUT2D eigenvalue weighted by atomic mass is 10.1. The maximum Gasteiger partial charge on any atom is 0.339 e. The molecule has 0 atom stereocenters. The Kier molecular flexibility index (Phi) is 4.70. The Hall–Kier alpha value is -3.22. The van der Waals surface area contributed by atoms with Gasteiger partial charge in [0.05, 0.1) is 23.3 Å². The molecule has 7 nitrogen and oxygen atoms in total. The monoisotopic (exact) mass is 314 g/mol. The summed E-state index contributed by atoms with van der Waals surface area (Å²) in [6.45, 7) is 1.55. The number of amides is 1. The fourth-order valence-electron chi connectivity index (χ4n) is 2.15. The molecule has 0 bridgehead atoms. The number of rotatable bonds is 4. The van der Waals surface area contributed by atoms with Crippen LogP contribution in [0.3, 0.4) is 0 Å². The summed E-state index contributed by atoms with van der Waals surface area (Å²) in [7, 11) is 1.23. The highest BCUT2D eigenvalue weighted by molar-refractivity contribution is 6.10. The van der Waals surface area contributed by atoms with Gasteiger partial charge in [0.25, 0.3) is 11.6 Å². The van der Waals surface area contributed by atoms with E-state index < -0.39 is 16.8 Å². The molecule has 7 heteroatoms. The molecule has 1 amide bonds. The van der Waals surface area contributed by atoms with Crippen LogP contribution >= 0.6 is 0 Å². The van der Waals surface area contributed by atoms with Crippen molar-refractivity contribution in [2.24, 2.45) is 0 Å². The van der Waals surface area contributed by atoms with Crippen molar-refractivity contribution < 1.29 is 19.2 Å². The number of carbonyl (C=O) groups is 2. The Bertz CT molecular complexity index is 786. The summed E-state index contributed by atoms with van der Waals surface area (Å²) in [4.78, 5) is 34.7. The number of nitrogens with zero attached hydrogens (tertiary/aromatic N) is 1. The molecule has 0 aliphatic carbocycles. The first-order valence-corrected chi connectivity index (χ1v) is 6.68. The van der Waals surface area contributed by atoms with Gasteiger partial charge < -0.3 is 10.1 Å². The van der Waals surface area contributed by atoms with Crippen LogP contribution in [0.1, 0.15) is 26.3 Å². The van der Waals surface area contributed by atoms with E-state index in [9.17, 15) is 19.7 Å². The van der Waals surface area contributed by atoms with Crippen molar-refractivity contribution in [2.45, 2.75) is 6.92 Å². The third-order valence-electron chi connectivity index (χ3n) is 3.25. The van der Waals surface area contributed by atoms with Crippen LogP contribution in [0.25, 0.3) is 0 Å². The van der Waals surface area contributed by atoms with Gasteiger partial charge in [0, 0.05) is 5.56 Å². The normalized spacial score (nSPS) is 10.0. The molecule has 0 spiro atoms. The summed E-state index contributed by atoms with van der Waals surface area (Å²) < 4.78 is 4.65. The zero-order valence-electron chi connectivity index (χ0n) is 12.5. The lowest BCUT2D eigenvalue weighted by Crippen LogP contribution is -2.17. The number of ether oxygens (including phenoxy) is 1. The number of nitro groups is 1.